The first-order valence-electron chi connectivity index (χ1n) is 10.3. The zero-order chi connectivity index (χ0) is 23.8. The standard InChI is InChI=1S/C24H28ClN3O3S/c1-15(2)27(19-9-11-21(12-10-19)32(6,30)31)24(29)14-22-17(4)26-28(18(22)5)20-8-7-16(3)23(25)13-20/h7-13,15H,14H2,1-6H3. The van der Waals surface area contributed by atoms with Crippen LogP contribution in [-0.4, -0.2) is 36.4 Å². The molecule has 0 aliphatic rings. The number of carbonyl (C=O) groups is 1. The van der Waals surface area contributed by atoms with Crippen LogP contribution in [0, 0.1) is 20.8 Å². The van der Waals surface area contributed by atoms with Crippen LogP contribution in [0.2, 0.25) is 5.02 Å². The Labute approximate surface area is 194 Å². The Morgan fingerprint density at radius 1 is 1.09 bits per heavy atom. The minimum absolute atomic E-state index is 0.0835. The number of hydrogen-bond donors (Lipinski definition) is 0. The van der Waals surface area contributed by atoms with Gasteiger partial charge < -0.3 is 4.90 Å². The van der Waals surface area contributed by atoms with E-state index in [1.165, 1.54) is 12.1 Å². The largest absolute Gasteiger partial charge is 0.310 e. The number of benzene rings is 2. The van der Waals surface area contributed by atoms with E-state index in [1.54, 1.807) is 17.0 Å². The molecule has 32 heavy (non-hydrogen) atoms. The molecule has 1 aromatic heterocycles. The second kappa shape index (κ2) is 9.08. The minimum atomic E-state index is -3.30. The molecule has 0 atom stereocenters. The van der Waals surface area contributed by atoms with E-state index in [2.05, 4.69) is 5.10 Å². The van der Waals surface area contributed by atoms with Gasteiger partial charge in [0.05, 0.1) is 22.7 Å². The molecule has 0 N–H and O–H groups in total. The van der Waals surface area contributed by atoms with E-state index >= 15 is 0 Å². The maximum atomic E-state index is 13.3. The SMILES string of the molecule is Cc1ccc(-n2nc(C)c(CC(=O)N(c3ccc(S(C)(=O)=O)cc3)C(C)C)c2C)cc1Cl. The van der Waals surface area contributed by atoms with Crippen molar-refractivity contribution in [2.75, 3.05) is 11.2 Å². The van der Waals surface area contributed by atoms with Crippen LogP contribution < -0.4 is 4.90 Å². The zero-order valence-corrected chi connectivity index (χ0v) is 20.8. The number of sulfone groups is 1. The Morgan fingerprint density at radius 3 is 2.25 bits per heavy atom. The highest BCUT2D eigenvalue weighted by atomic mass is 35.5. The van der Waals surface area contributed by atoms with Gasteiger partial charge in [0.25, 0.3) is 0 Å². The van der Waals surface area contributed by atoms with Crippen LogP contribution in [0.15, 0.2) is 47.4 Å². The number of amides is 1. The van der Waals surface area contributed by atoms with E-state index in [0.29, 0.717) is 10.7 Å². The minimum Gasteiger partial charge on any atom is -0.310 e. The van der Waals surface area contributed by atoms with Gasteiger partial charge in [-0.05, 0) is 76.6 Å². The van der Waals surface area contributed by atoms with E-state index in [9.17, 15) is 13.2 Å². The van der Waals surface area contributed by atoms with Crippen molar-refractivity contribution in [2.45, 2.75) is 52.0 Å². The highest BCUT2D eigenvalue weighted by Crippen LogP contribution is 2.25. The van der Waals surface area contributed by atoms with Crippen LogP contribution in [0.3, 0.4) is 0 Å². The van der Waals surface area contributed by atoms with Crippen molar-refractivity contribution in [2.24, 2.45) is 0 Å². The molecule has 0 aliphatic carbocycles. The predicted molar refractivity (Wildman–Crippen MR) is 129 cm³/mol. The first-order chi connectivity index (χ1) is 14.9. The maximum absolute atomic E-state index is 13.3. The summed E-state index contributed by atoms with van der Waals surface area (Å²) in [6.07, 6.45) is 1.35. The molecule has 3 aromatic rings. The fraction of sp³-hybridized carbons (Fsp3) is 0.333. The molecular weight excluding hydrogens is 446 g/mol. The van der Waals surface area contributed by atoms with Gasteiger partial charge in [0.15, 0.2) is 9.84 Å². The van der Waals surface area contributed by atoms with Crippen molar-refractivity contribution in [3.63, 3.8) is 0 Å². The number of aromatic nitrogens is 2. The monoisotopic (exact) mass is 473 g/mol. The van der Waals surface area contributed by atoms with Crippen LogP contribution in [0.1, 0.15) is 36.4 Å². The fourth-order valence-electron chi connectivity index (χ4n) is 3.72. The summed E-state index contributed by atoms with van der Waals surface area (Å²) >= 11 is 6.29. The number of rotatable bonds is 6. The molecule has 0 saturated carbocycles. The smallest absolute Gasteiger partial charge is 0.231 e. The average Bonchev–Trinajstić information content (AvgIpc) is 2.98. The van der Waals surface area contributed by atoms with Crippen LogP contribution in [0.25, 0.3) is 5.69 Å². The van der Waals surface area contributed by atoms with Gasteiger partial charge in [-0.2, -0.15) is 5.10 Å². The average molecular weight is 474 g/mol. The number of halogens is 1. The molecule has 0 saturated heterocycles. The molecule has 3 rings (SSSR count). The summed E-state index contributed by atoms with van der Waals surface area (Å²) in [6, 6.07) is 12.1. The van der Waals surface area contributed by atoms with Crippen molar-refractivity contribution in [1.29, 1.82) is 0 Å². The number of hydrogen-bond acceptors (Lipinski definition) is 4. The third-order valence-corrected chi connectivity index (χ3v) is 7.03. The van der Waals surface area contributed by atoms with Crippen molar-refractivity contribution >= 4 is 33.0 Å². The van der Waals surface area contributed by atoms with Gasteiger partial charge >= 0.3 is 0 Å². The summed E-state index contributed by atoms with van der Waals surface area (Å²) in [5.74, 6) is -0.0835. The predicted octanol–water partition coefficient (Wildman–Crippen LogP) is 4.84. The third kappa shape index (κ3) is 4.89. The third-order valence-electron chi connectivity index (χ3n) is 5.50. The molecule has 0 bridgehead atoms. The fourth-order valence-corrected chi connectivity index (χ4v) is 4.52. The molecule has 0 radical (unpaired) electrons. The molecular formula is C24H28ClN3O3S. The molecule has 8 heteroatoms. The van der Waals surface area contributed by atoms with Gasteiger partial charge in [0.2, 0.25) is 5.91 Å². The normalized spacial score (nSPS) is 11.8. The van der Waals surface area contributed by atoms with E-state index in [4.69, 9.17) is 11.6 Å². The van der Waals surface area contributed by atoms with E-state index in [-0.39, 0.29) is 23.3 Å². The van der Waals surface area contributed by atoms with Gasteiger partial charge in [-0.15, -0.1) is 0 Å². The lowest BCUT2D eigenvalue weighted by Gasteiger charge is -2.27. The lowest BCUT2D eigenvalue weighted by molar-refractivity contribution is -0.118. The Bertz CT molecular complexity index is 1260. The number of aryl methyl sites for hydroxylation is 2. The zero-order valence-electron chi connectivity index (χ0n) is 19.2. The quantitative estimate of drug-likeness (QED) is 0.513. The second-order valence-corrected chi connectivity index (χ2v) is 10.7. The van der Waals surface area contributed by atoms with Gasteiger partial charge in [-0.3, -0.25) is 4.79 Å². The summed E-state index contributed by atoms with van der Waals surface area (Å²) in [7, 11) is -3.30. The van der Waals surface area contributed by atoms with Crippen molar-refractivity contribution in [3.8, 4) is 5.69 Å². The number of nitrogens with zero attached hydrogens (tertiary/aromatic N) is 3. The molecule has 0 fully saturated rings. The number of carbonyl (C=O) groups excluding carboxylic acids is 1. The molecule has 0 aliphatic heterocycles. The summed E-state index contributed by atoms with van der Waals surface area (Å²) < 4.78 is 25.3. The van der Waals surface area contributed by atoms with Crippen molar-refractivity contribution < 1.29 is 13.2 Å². The molecule has 0 spiro atoms. The van der Waals surface area contributed by atoms with Crippen LogP contribution in [0.5, 0.6) is 0 Å². The highest BCUT2D eigenvalue weighted by Gasteiger charge is 2.23. The Hall–Kier alpha value is -2.64. The molecule has 2 aromatic carbocycles. The van der Waals surface area contributed by atoms with Crippen LogP contribution >= 0.6 is 11.6 Å². The first kappa shape index (κ1) is 24.0. The molecule has 6 nitrogen and oxygen atoms in total. The molecule has 1 heterocycles. The molecule has 0 unspecified atom stereocenters. The lowest BCUT2D eigenvalue weighted by Crippen LogP contribution is -2.38. The summed E-state index contributed by atoms with van der Waals surface area (Å²) in [5, 5.41) is 5.30. The summed E-state index contributed by atoms with van der Waals surface area (Å²) in [5.41, 5.74) is 5.02. The lowest BCUT2D eigenvalue weighted by atomic mass is 10.1. The van der Waals surface area contributed by atoms with Crippen molar-refractivity contribution in [1.82, 2.24) is 9.78 Å². The van der Waals surface area contributed by atoms with Gasteiger partial charge in [-0.25, -0.2) is 13.1 Å². The Kier molecular flexibility index (Phi) is 6.81. The number of anilines is 1. The second-order valence-electron chi connectivity index (χ2n) is 8.29. The van der Waals surface area contributed by atoms with Gasteiger partial charge in [-0.1, -0.05) is 17.7 Å². The summed E-state index contributed by atoms with van der Waals surface area (Å²) in [6.45, 7) is 9.64. The van der Waals surface area contributed by atoms with Crippen LogP contribution in [0.4, 0.5) is 5.69 Å². The van der Waals surface area contributed by atoms with Gasteiger partial charge in [0.1, 0.15) is 0 Å². The Balaban J connectivity index is 1.92. The topological polar surface area (TPSA) is 72.3 Å². The first-order valence-corrected chi connectivity index (χ1v) is 12.6. The van der Waals surface area contributed by atoms with Crippen LogP contribution in [-0.2, 0) is 21.1 Å². The van der Waals surface area contributed by atoms with E-state index in [1.807, 2.05) is 57.5 Å². The van der Waals surface area contributed by atoms with Crippen molar-refractivity contribution in [3.05, 3.63) is 70.0 Å². The van der Waals surface area contributed by atoms with E-state index < -0.39 is 9.84 Å². The summed E-state index contributed by atoms with van der Waals surface area (Å²) in [4.78, 5) is 15.2. The van der Waals surface area contributed by atoms with E-state index in [0.717, 1.165) is 34.5 Å². The highest BCUT2D eigenvalue weighted by molar-refractivity contribution is 7.90. The maximum Gasteiger partial charge on any atom is 0.231 e. The van der Waals surface area contributed by atoms with Gasteiger partial charge in [0, 0.05) is 34.3 Å². The molecule has 1 amide bonds. The Morgan fingerprint density at radius 2 is 1.72 bits per heavy atom. The molecule has 170 valence electrons.